The Hall–Kier alpha value is -1.61. The van der Waals surface area contributed by atoms with E-state index in [0.29, 0.717) is 25.2 Å². The molecule has 0 saturated carbocycles. The van der Waals surface area contributed by atoms with Crippen LogP contribution in [-0.2, 0) is 10.0 Å². The molecule has 150 valence electrons. The first-order valence-electron chi connectivity index (χ1n) is 8.44. The second kappa shape index (κ2) is 9.54. The van der Waals surface area contributed by atoms with Gasteiger partial charge < -0.3 is 25.5 Å². The number of nitrogens with one attached hydrogen (secondary N) is 2. The molecule has 1 aliphatic rings. The summed E-state index contributed by atoms with van der Waals surface area (Å²) < 4.78 is 27.8. The number of anilines is 1. The van der Waals surface area contributed by atoms with Crippen LogP contribution in [0.1, 0.15) is 12.8 Å². The summed E-state index contributed by atoms with van der Waals surface area (Å²) in [7, 11) is -3.87. The molecular formula is C16H23ClN4O5S. The molecule has 27 heavy (non-hydrogen) atoms. The van der Waals surface area contributed by atoms with E-state index in [1.807, 2.05) is 6.19 Å². The van der Waals surface area contributed by atoms with Crippen molar-refractivity contribution in [3.05, 3.63) is 23.2 Å². The number of sulfonamides is 1. The number of nitriles is 1. The number of aliphatic hydroxyl groups is 3. The van der Waals surface area contributed by atoms with E-state index in [1.54, 1.807) is 6.07 Å². The van der Waals surface area contributed by atoms with Crippen molar-refractivity contribution in [3.8, 4) is 6.19 Å². The fourth-order valence-corrected chi connectivity index (χ4v) is 4.52. The van der Waals surface area contributed by atoms with Gasteiger partial charge in [0.15, 0.2) is 6.19 Å². The number of benzene rings is 1. The molecule has 0 spiro atoms. The first kappa shape index (κ1) is 21.7. The lowest BCUT2D eigenvalue weighted by molar-refractivity contribution is -0.0158. The number of hydrogen-bond acceptors (Lipinski definition) is 8. The molecule has 0 aliphatic carbocycles. The van der Waals surface area contributed by atoms with Crippen LogP contribution < -0.4 is 10.0 Å². The normalized spacial score (nSPS) is 19.5. The van der Waals surface area contributed by atoms with E-state index in [9.17, 15) is 18.6 Å². The third kappa shape index (κ3) is 5.93. The Morgan fingerprint density at radius 3 is 2.74 bits per heavy atom. The Morgan fingerprint density at radius 1 is 1.37 bits per heavy atom. The fourth-order valence-electron chi connectivity index (χ4n) is 2.73. The highest BCUT2D eigenvalue weighted by Crippen LogP contribution is 2.26. The van der Waals surface area contributed by atoms with Crippen LogP contribution >= 0.6 is 11.6 Å². The highest BCUT2D eigenvalue weighted by atomic mass is 35.5. The standard InChI is InChI=1S/C16H23ClN4O5S/c17-13-2-1-11(19-5-3-14(23)15(24)9-22)7-16(13)27(25,26)20-12-4-6-21(8-12)10-18/h1-2,7,12,14-15,19-20,22-24H,3-6,8-9H2/t12-,14+,15-/m1/s1. The molecule has 11 heteroatoms. The number of halogens is 1. The van der Waals surface area contributed by atoms with E-state index < -0.39 is 28.8 Å². The van der Waals surface area contributed by atoms with E-state index in [1.165, 1.54) is 17.0 Å². The van der Waals surface area contributed by atoms with Crippen LogP contribution in [0.4, 0.5) is 5.69 Å². The lowest BCUT2D eigenvalue weighted by Crippen LogP contribution is -2.36. The van der Waals surface area contributed by atoms with Gasteiger partial charge in [-0.15, -0.1) is 0 Å². The molecule has 0 unspecified atom stereocenters. The molecule has 3 atom stereocenters. The van der Waals surface area contributed by atoms with Crippen molar-refractivity contribution >= 4 is 27.3 Å². The van der Waals surface area contributed by atoms with E-state index in [2.05, 4.69) is 10.0 Å². The average Bonchev–Trinajstić information content (AvgIpc) is 3.08. The lowest BCUT2D eigenvalue weighted by atomic mass is 10.1. The number of likely N-dealkylation sites (tertiary alicyclic amines) is 1. The van der Waals surface area contributed by atoms with Crippen molar-refractivity contribution in [3.63, 3.8) is 0 Å². The maximum absolute atomic E-state index is 12.6. The van der Waals surface area contributed by atoms with Crippen molar-refractivity contribution in [1.29, 1.82) is 5.26 Å². The van der Waals surface area contributed by atoms with Gasteiger partial charge in [0.1, 0.15) is 11.0 Å². The summed E-state index contributed by atoms with van der Waals surface area (Å²) in [5.74, 6) is 0. The van der Waals surface area contributed by atoms with Crippen LogP contribution in [0.15, 0.2) is 23.1 Å². The van der Waals surface area contributed by atoms with Crippen LogP contribution in [0.3, 0.4) is 0 Å². The van der Waals surface area contributed by atoms with Gasteiger partial charge in [-0.1, -0.05) is 11.6 Å². The molecule has 0 amide bonds. The summed E-state index contributed by atoms with van der Waals surface area (Å²) in [6.07, 6.45) is 0.373. The number of nitrogens with zero attached hydrogens (tertiary/aromatic N) is 2. The molecule has 9 nitrogen and oxygen atoms in total. The zero-order chi connectivity index (χ0) is 20.0. The Morgan fingerprint density at radius 2 is 2.11 bits per heavy atom. The fraction of sp³-hybridized carbons (Fsp3) is 0.562. The van der Waals surface area contributed by atoms with Gasteiger partial charge in [-0.05, 0) is 31.0 Å². The smallest absolute Gasteiger partial charge is 0.242 e. The second-order valence-electron chi connectivity index (χ2n) is 6.33. The molecule has 0 bridgehead atoms. The molecule has 1 heterocycles. The minimum Gasteiger partial charge on any atom is -0.394 e. The Balaban J connectivity index is 2.02. The Kier molecular flexibility index (Phi) is 7.67. The molecule has 1 aromatic carbocycles. The van der Waals surface area contributed by atoms with E-state index in [0.717, 1.165) is 0 Å². The minimum absolute atomic E-state index is 0.0684. The number of rotatable bonds is 9. The quantitative estimate of drug-likeness (QED) is 0.343. The lowest BCUT2D eigenvalue weighted by Gasteiger charge is -2.17. The van der Waals surface area contributed by atoms with Gasteiger partial charge in [-0.25, -0.2) is 13.1 Å². The predicted molar refractivity (Wildman–Crippen MR) is 99.6 cm³/mol. The molecule has 2 rings (SSSR count). The van der Waals surface area contributed by atoms with Crippen molar-refractivity contribution in [2.75, 3.05) is 31.6 Å². The molecule has 1 saturated heterocycles. The van der Waals surface area contributed by atoms with Crippen LogP contribution in [0, 0.1) is 11.5 Å². The third-order valence-corrected chi connectivity index (χ3v) is 6.27. The molecule has 1 aliphatic heterocycles. The van der Waals surface area contributed by atoms with Crippen LogP contribution in [0.2, 0.25) is 5.02 Å². The molecule has 1 aromatic rings. The first-order chi connectivity index (χ1) is 12.8. The van der Waals surface area contributed by atoms with Crippen molar-refractivity contribution in [2.24, 2.45) is 0 Å². The molecular weight excluding hydrogens is 396 g/mol. The second-order valence-corrected chi connectivity index (χ2v) is 8.42. The number of aliphatic hydroxyl groups excluding tert-OH is 3. The van der Waals surface area contributed by atoms with Gasteiger partial charge in [-0.3, -0.25) is 0 Å². The number of hydrogen-bond donors (Lipinski definition) is 5. The predicted octanol–water partition coefficient (Wildman–Crippen LogP) is -0.310. The Labute approximate surface area is 163 Å². The highest BCUT2D eigenvalue weighted by Gasteiger charge is 2.28. The molecule has 0 radical (unpaired) electrons. The summed E-state index contributed by atoms with van der Waals surface area (Å²) in [5, 5.41) is 39.6. The van der Waals surface area contributed by atoms with Crippen LogP contribution in [-0.4, -0.2) is 73.1 Å². The maximum Gasteiger partial charge on any atom is 0.242 e. The van der Waals surface area contributed by atoms with E-state index in [4.69, 9.17) is 22.0 Å². The van der Waals surface area contributed by atoms with Crippen molar-refractivity contribution in [2.45, 2.75) is 36.0 Å². The summed E-state index contributed by atoms with van der Waals surface area (Å²) in [6, 6.07) is 4.07. The van der Waals surface area contributed by atoms with Gasteiger partial charge in [0, 0.05) is 31.4 Å². The highest BCUT2D eigenvalue weighted by molar-refractivity contribution is 7.89. The van der Waals surface area contributed by atoms with Gasteiger partial charge >= 0.3 is 0 Å². The molecule has 1 fully saturated rings. The van der Waals surface area contributed by atoms with Crippen LogP contribution in [0.25, 0.3) is 0 Å². The zero-order valence-corrected chi connectivity index (χ0v) is 16.1. The van der Waals surface area contributed by atoms with Gasteiger partial charge in [0.2, 0.25) is 10.0 Å². The van der Waals surface area contributed by atoms with Gasteiger partial charge in [0.25, 0.3) is 0 Å². The molecule has 5 N–H and O–H groups in total. The maximum atomic E-state index is 12.6. The summed E-state index contributed by atoms with van der Waals surface area (Å²) in [5.41, 5.74) is 0.482. The first-order valence-corrected chi connectivity index (χ1v) is 10.3. The minimum atomic E-state index is -3.87. The largest absolute Gasteiger partial charge is 0.394 e. The summed E-state index contributed by atoms with van der Waals surface area (Å²) in [4.78, 5) is 1.40. The molecule has 0 aromatic heterocycles. The van der Waals surface area contributed by atoms with Crippen molar-refractivity contribution in [1.82, 2.24) is 9.62 Å². The monoisotopic (exact) mass is 418 g/mol. The third-order valence-electron chi connectivity index (χ3n) is 4.27. The topological polar surface area (TPSA) is 146 Å². The van der Waals surface area contributed by atoms with Crippen molar-refractivity contribution < 1.29 is 23.7 Å². The zero-order valence-electron chi connectivity index (χ0n) is 14.5. The summed E-state index contributed by atoms with van der Waals surface area (Å²) in [6.45, 7) is 0.532. The van der Waals surface area contributed by atoms with Gasteiger partial charge in [0.05, 0.1) is 17.7 Å². The Bertz CT molecular complexity index is 786. The van der Waals surface area contributed by atoms with E-state index >= 15 is 0 Å². The average molecular weight is 419 g/mol. The summed E-state index contributed by atoms with van der Waals surface area (Å²) >= 11 is 6.06. The van der Waals surface area contributed by atoms with Crippen LogP contribution in [0.5, 0.6) is 0 Å². The van der Waals surface area contributed by atoms with Gasteiger partial charge in [-0.2, -0.15) is 5.26 Å². The van der Waals surface area contributed by atoms with E-state index in [-0.39, 0.29) is 28.9 Å². The SMILES string of the molecule is N#CN1CC[C@@H](NS(=O)(=O)c2cc(NCC[C@H](O)[C@H](O)CO)ccc2Cl)C1.